The van der Waals surface area contributed by atoms with Gasteiger partial charge in [-0.2, -0.15) is 0 Å². The maximum atomic E-state index is 11.5. The van der Waals surface area contributed by atoms with Crippen LogP contribution in [0.2, 0.25) is 0 Å². The topological polar surface area (TPSA) is 70.8 Å². The van der Waals surface area contributed by atoms with E-state index in [4.69, 9.17) is 19.9 Å². The molecule has 2 atom stereocenters. The molecule has 5 heteroatoms. The monoisotopic (exact) mass is 243 g/mol. The van der Waals surface area contributed by atoms with Crippen molar-refractivity contribution in [2.24, 2.45) is 11.7 Å². The molecule has 2 aliphatic heterocycles. The fourth-order valence-corrected chi connectivity index (χ4v) is 2.79. The Kier molecular flexibility index (Phi) is 4.01. The van der Waals surface area contributed by atoms with Crippen LogP contribution in [0.25, 0.3) is 0 Å². The molecule has 2 aliphatic rings. The third kappa shape index (κ3) is 2.78. The van der Waals surface area contributed by atoms with E-state index in [1.165, 1.54) is 7.11 Å². The molecule has 0 bridgehead atoms. The highest BCUT2D eigenvalue weighted by Gasteiger charge is 2.42. The van der Waals surface area contributed by atoms with Crippen LogP contribution in [0.3, 0.4) is 0 Å². The summed E-state index contributed by atoms with van der Waals surface area (Å²) in [6.07, 6.45) is 3.47. The van der Waals surface area contributed by atoms with Crippen molar-refractivity contribution in [3.63, 3.8) is 0 Å². The molecule has 17 heavy (non-hydrogen) atoms. The predicted octanol–water partition coefficient (Wildman–Crippen LogP) is 0.463. The Labute approximate surface area is 102 Å². The maximum absolute atomic E-state index is 11.5. The number of rotatable bonds is 2. The van der Waals surface area contributed by atoms with E-state index >= 15 is 0 Å². The van der Waals surface area contributed by atoms with E-state index < -0.39 is 6.04 Å². The molecule has 0 aliphatic carbocycles. The summed E-state index contributed by atoms with van der Waals surface area (Å²) in [5, 5.41) is 0. The van der Waals surface area contributed by atoms with Gasteiger partial charge in [0, 0.05) is 19.8 Å². The molecular weight excluding hydrogens is 222 g/mol. The van der Waals surface area contributed by atoms with Gasteiger partial charge in [-0.15, -0.1) is 0 Å². The van der Waals surface area contributed by atoms with Gasteiger partial charge in [0.05, 0.1) is 12.7 Å². The Bertz CT molecular complexity index is 270. The van der Waals surface area contributed by atoms with E-state index in [-0.39, 0.29) is 17.5 Å². The van der Waals surface area contributed by atoms with Crippen LogP contribution in [0.5, 0.6) is 0 Å². The number of esters is 1. The molecule has 0 aromatic rings. The van der Waals surface area contributed by atoms with Gasteiger partial charge >= 0.3 is 5.97 Å². The lowest BCUT2D eigenvalue weighted by atomic mass is 9.78. The van der Waals surface area contributed by atoms with E-state index in [9.17, 15) is 4.79 Å². The molecule has 98 valence electrons. The normalized spacial score (nSPS) is 29.9. The highest BCUT2D eigenvalue weighted by atomic mass is 16.5. The van der Waals surface area contributed by atoms with Crippen LogP contribution >= 0.6 is 0 Å². The first kappa shape index (κ1) is 12.8. The van der Waals surface area contributed by atoms with Crippen molar-refractivity contribution in [3.8, 4) is 0 Å². The molecule has 0 saturated carbocycles. The van der Waals surface area contributed by atoms with Crippen LogP contribution in [0.15, 0.2) is 0 Å². The highest BCUT2D eigenvalue weighted by molar-refractivity contribution is 5.75. The minimum Gasteiger partial charge on any atom is -0.468 e. The Morgan fingerprint density at radius 2 is 2.12 bits per heavy atom. The molecule has 0 aromatic heterocycles. The Balaban J connectivity index is 1.98. The van der Waals surface area contributed by atoms with Crippen molar-refractivity contribution < 1.29 is 19.0 Å². The van der Waals surface area contributed by atoms with Gasteiger partial charge < -0.3 is 19.9 Å². The van der Waals surface area contributed by atoms with E-state index in [0.29, 0.717) is 6.61 Å². The summed E-state index contributed by atoms with van der Waals surface area (Å²) in [6, 6.07) is -0.524. The Hall–Kier alpha value is -0.650. The summed E-state index contributed by atoms with van der Waals surface area (Å²) in [5.41, 5.74) is 5.81. The van der Waals surface area contributed by atoms with Gasteiger partial charge in [-0.25, -0.2) is 0 Å². The second-order valence-corrected chi connectivity index (χ2v) is 4.95. The Morgan fingerprint density at radius 3 is 2.76 bits per heavy atom. The zero-order chi connectivity index (χ0) is 12.3. The number of hydrogen-bond donors (Lipinski definition) is 1. The predicted molar refractivity (Wildman–Crippen MR) is 61.5 cm³/mol. The largest absolute Gasteiger partial charge is 0.468 e. The van der Waals surface area contributed by atoms with Gasteiger partial charge in [0.1, 0.15) is 6.04 Å². The second-order valence-electron chi connectivity index (χ2n) is 4.95. The molecular formula is C12H21NO4. The molecule has 2 fully saturated rings. The van der Waals surface area contributed by atoms with E-state index in [1.807, 2.05) is 0 Å². The summed E-state index contributed by atoms with van der Waals surface area (Å²) in [6.45, 7) is 2.15. The average Bonchev–Trinajstić information content (AvgIpc) is 2.38. The smallest absolute Gasteiger partial charge is 0.322 e. The minimum absolute atomic E-state index is 0.118. The van der Waals surface area contributed by atoms with Gasteiger partial charge in [-0.05, 0) is 31.6 Å². The van der Waals surface area contributed by atoms with Crippen molar-refractivity contribution in [1.82, 2.24) is 0 Å². The molecule has 2 unspecified atom stereocenters. The zero-order valence-electron chi connectivity index (χ0n) is 10.3. The van der Waals surface area contributed by atoms with Gasteiger partial charge in [0.2, 0.25) is 0 Å². The van der Waals surface area contributed by atoms with Crippen molar-refractivity contribution >= 4 is 5.97 Å². The SMILES string of the molecule is COC(=O)C(N)C1CCOC2(CCOCC2)C1. The number of nitrogens with two attached hydrogens (primary N) is 1. The summed E-state index contributed by atoms with van der Waals surface area (Å²) in [5.74, 6) is -0.159. The van der Waals surface area contributed by atoms with Crippen LogP contribution in [0, 0.1) is 5.92 Å². The number of methoxy groups -OCH3 is 1. The fourth-order valence-electron chi connectivity index (χ4n) is 2.79. The molecule has 5 nitrogen and oxygen atoms in total. The first-order valence-corrected chi connectivity index (χ1v) is 6.22. The molecule has 2 rings (SSSR count). The highest BCUT2D eigenvalue weighted by Crippen LogP contribution is 2.37. The van der Waals surface area contributed by atoms with Gasteiger partial charge in [-0.3, -0.25) is 4.79 Å². The van der Waals surface area contributed by atoms with E-state index in [1.54, 1.807) is 0 Å². The standard InChI is InChI=1S/C12H21NO4/c1-15-11(14)10(13)9-2-5-17-12(8-9)3-6-16-7-4-12/h9-10H,2-8,13H2,1H3. The lowest BCUT2D eigenvalue weighted by Crippen LogP contribution is -2.50. The lowest BCUT2D eigenvalue weighted by molar-refractivity contribution is -0.159. The summed E-state index contributed by atoms with van der Waals surface area (Å²) < 4.78 is 16.0. The van der Waals surface area contributed by atoms with Crippen molar-refractivity contribution in [2.75, 3.05) is 26.9 Å². The molecule has 2 heterocycles. The van der Waals surface area contributed by atoms with Crippen LogP contribution in [-0.2, 0) is 19.0 Å². The number of carbonyl (C=O) groups is 1. The molecule has 0 radical (unpaired) electrons. The molecule has 0 amide bonds. The summed E-state index contributed by atoms with van der Waals surface area (Å²) >= 11 is 0. The number of hydrogen-bond acceptors (Lipinski definition) is 5. The lowest BCUT2D eigenvalue weighted by Gasteiger charge is -2.44. The van der Waals surface area contributed by atoms with Crippen LogP contribution in [-0.4, -0.2) is 44.5 Å². The van der Waals surface area contributed by atoms with Crippen LogP contribution in [0.4, 0.5) is 0 Å². The maximum Gasteiger partial charge on any atom is 0.322 e. The summed E-state index contributed by atoms with van der Waals surface area (Å²) in [4.78, 5) is 11.5. The van der Waals surface area contributed by atoms with Crippen molar-refractivity contribution in [2.45, 2.75) is 37.3 Å². The molecule has 1 spiro atoms. The van der Waals surface area contributed by atoms with Gasteiger partial charge in [0.25, 0.3) is 0 Å². The summed E-state index contributed by atoms with van der Waals surface area (Å²) in [7, 11) is 1.38. The molecule has 0 aromatic carbocycles. The quantitative estimate of drug-likeness (QED) is 0.714. The number of carbonyl (C=O) groups excluding carboxylic acids is 1. The first-order chi connectivity index (χ1) is 8.17. The zero-order valence-corrected chi connectivity index (χ0v) is 10.3. The number of ether oxygens (including phenoxy) is 3. The Morgan fingerprint density at radius 1 is 1.41 bits per heavy atom. The molecule has 2 saturated heterocycles. The third-order valence-electron chi connectivity index (χ3n) is 3.92. The van der Waals surface area contributed by atoms with Crippen molar-refractivity contribution in [1.29, 1.82) is 0 Å². The van der Waals surface area contributed by atoms with E-state index in [0.717, 1.165) is 38.9 Å². The molecule has 2 N–H and O–H groups in total. The average molecular weight is 243 g/mol. The van der Waals surface area contributed by atoms with Gasteiger partial charge in [-0.1, -0.05) is 0 Å². The van der Waals surface area contributed by atoms with Gasteiger partial charge in [0.15, 0.2) is 0 Å². The second kappa shape index (κ2) is 5.33. The minimum atomic E-state index is -0.524. The third-order valence-corrected chi connectivity index (χ3v) is 3.92. The first-order valence-electron chi connectivity index (χ1n) is 6.22. The fraction of sp³-hybridized carbons (Fsp3) is 0.917. The van der Waals surface area contributed by atoms with Crippen molar-refractivity contribution in [3.05, 3.63) is 0 Å². The van der Waals surface area contributed by atoms with Crippen LogP contribution < -0.4 is 5.73 Å². The van der Waals surface area contributed by atoms with Crippen LogP contribution in [0.1, 0.15) is 25.7 Å². The van der Waals surface area contributed by atoms with E-state index in [2.05, 4.69) is 0 Å².